The zero-order chi connectivity index (χ0) is 26.1. The lowest BCUT2D eigenvalue weighted by Crippen LogP contribution is -2.38. The van der Waals surface area contributed by atoms with E-state index in [-0.39, 0.29) is 29.9 Å². The van der Waals surface area contributed by atoms with Crippen LogP contribution in [0.2, 0.25) is 0 Å². The molecule has 0 unspecified atom stereocenters. The molecule has 2 aromatic heterocycles. The van der Waals surface area contributed by atoms with Crippen molar-refractivity contribution in [2.45, 2.75) is 39.0 Å². The number of anilines is 1. The molecule has 8 nitrogen and oxygen atoms in total. The van der Waals surface area contributed by atoms with Crippen molar-refractivity contribution < 1.29 is 19.1 Å². The zero-order valence-electron chi connectivity index (χ0n) is 20.6. The van der Waals surface area contributed by atoms with Crippen molar-refractivity contribution in [1.29, 1.82) is 0 Å². The second-order valence-corrected chi connectivity index (χ2v) is 9.42. The number of hydrogen-bond acceptors (Lipinski definition) is 4. The number of hydrogen-bond donors (Lipinski definition) is 3. The first-order chi connectivity index (χ1) is 17.8. The minimum Gasteiger partial charge on any atom is -0.389 e. The van der Waals surface area contributed by atoms with Crippen LogP contribution in [-0.4, -0.2) is 43.1 Å². The number of benzene rings is 2. The average molecular weight is 502 g/mol. The number of halogens is 1. The van der Waals surface area contributed by atoms with Gasteiger partial charge in [0, 0.05) is 35.6 Å². The van der Waals surface area contributed by atoms with Crippen LogP contribution in [0.5, 0.6) is 0 Å². The molecule has 1 aliphatic rings. The minimum atomic E-state index is -0.673. The topological polar surface area (TPSA) is 103 Å². The van der Waals surface area contributed by atoms with Crippen LogP contribution in [0.15, 0.2) is 66.9 Å². The van der Waals surface area contributed by atoms with E-state index in [4.69, 9.17) is 0 Å². The van der Waals surface area contributed by atoms with Crippen LogP contribution in [0, 0.1) is 5.82 Å². The molecule has 37 heavy (non-hydrogen) atoms. The molecule has 3 heterocycles. The molecule has 0 fully saturated rings. The van der Waals surface area contributed by atoms with Crippen molar-refractivity contribution in [2.24, 2.45) is 0 Å². The van der Waals surface area contributed by atoms with Crippen molar-refractivity contribution >= 4 is 17.5 Å². The highest BCUT2D eigenvalue weighted by atomic mass is 19.1. The van der Waals surface area contributed by atoms with E-state index in [0.717, 1.165) is 11.3 Å². The summed E-state index contributed by atoms with van der Waals surface area (Å²) in [6.45, 7) is 4.73. The third-order valence-corrected chi connectivity index (χ3v) is 6.61. The van der Waals surface area contributed by atoms with Gasteiger partial charge in [-0.15, -0.1) is 0 Å². The fourth-order valence-corrected chi connectivity index (χ4v) is 4.81. The van der Waals surface area contributed by atoms with Crippen molar-refractivity contribution in [3.63, 3.8) is 0 Å². The Morgan fingerprint density at radius 1 is 1.19 bits per heavy atom. The van der Waals surface area contributed by atoms with Crippen LogP contribution < -0.4 is 5.32 Å². The van der Waals surface area contributed by atoms with E-state index in [2.05, 4.69) is 15.4 Å². The summed E-state index contributed by atoms with van der Waals surface area (Å²) in [6, 6.07) is 16.7. The Kier molecular flexibility index (Phi) is 6.62. The summed E-state index contributed by atoms with van der Waals surface area (Å²) < 4.78 is 15.2. The van der Waals surface area contributed by atoms with Crippen LogP contribution in [0.3, 0.4) is 0 Å². The Labute approximate surface area is 213 Å². The van der Waals surface area contributed by atoms with Crippen LogP contribution in [0.4, 0.5) is 10.1 Å². The Morgan fingerprint density at radius 3 is 2.68 bits per heavy atom. The number of amides is 2. The molecule has 5 rings (SSSR count). The molecule has 0 aliphatic carbocycles. The monoisotopic (exact) mass is 501 g/mol. The fraction of sp³-hybridized carbons (Fsp3) is 0.250. The molecule has 3 N–H and O–H groups in total. The van der Waals surface area contributed by atoms with E-state index >= 15 is 0 Å². The number of aliphatic hydroxyl groups is 1. The van der Waals surface area contributed by atoms with E-state index in [1.165, 1.54) is 12.1 Å². The molecule has 0 saturated carbocycles. The maximum absolute atomic E-state index is 13.5. The quantitative estimate of drug-likeness (QED) is 0.363. The van der Waals surface area contributed by atoms with Gasteiger partial charge in [0.05, 0.1) is 19.2 Å². The van der Waals surface area contributed by atoms with Crippen molar-refractivity contribution in [3.8, 4) is 0 Å². The van der Waals surface area contributed by atoms with Crippen molar-refractivity contribution in [2.75, 3.05) is 11.9 Å². The molecule has 0 saturated heterocycles. The van der Waals surface area contributed by atoms with Crippen LogP contribution >= 0.6 is 0 Å². The highest BCUT2D eigenvalue weighted by Crippen LogP contribution is 2.32. The first-order valence-electron chi connectivity index (χ1n) is 12.2. The fourth-order valence-electron chi connectivity index (χ4n) is 4.81. The summed E-state index contributed by atoms with van der Waals surface area (Å²) in [4.78, 5) is 31.3. The van der Waals surface area contributed by atoms with E-state index < -0.39 is 12.0 Å². The molecule has 2 amide bonds. The minimum absolute atomic E-state index is 0.0873. The Hall–Kier alpha value is -4.24. The zero-order valence-corrected chi connectivity index (χ0v) is 20.6. The first-order valence-corrected chi connectivity index (χ1v) is 12.2. The number of nitrogens with one attached hydrogen (secondary N) is 2. The highest BCUT2D eigenvalue weighted by molar-refractivity contribution is 6.04. The largest absolute Gasteiger partial charge is 0.389 e. The molecule has 190 valence electrons. The maximum atomic E-state index is 13.5. The molecule has 9 heteroatoms. The smallest absolute Gasteiger partial charge is 0.276 e. The van der Waals surface area contributed by atoms with Crippen molar-refractivity contribution in [1.82, 2.24) is 19.7 Å². The number of aromatic nitrogens is 3. The molecule has 1 aliphatic heterocycles. The number of carbonyl (C=O) groups excluding carboxylic acids is 2. The van der Waals surface area contributed by atoms with E-state index in [1.807, 2.05) is 6.92 Å². The Balaban J connectivity index is 1.51. The van der Waals surface area contributed by atoms with Crippen LogP contribution in [0.1, 0.15) is 69.2 Å². The summed E-state index contributed by atoms with van der Waals surface area (Å²) >= 11 is 0. The standard InChI is InChI=1S/C28H28FN5O3/c1-17-14-33(28(37)24-7-4-12-30-24)16-23-25(27(36)31-22-6-3-5-20(13-22)18(2)35)32-34(26(17)23)15-19-8-10-21(29)11-9-19/h3-13,17-18,30,35H,14-16H2,1-2H3,(H,31,36)/t17-,18-/m0/s1. The molecule has 0 bridgehead atoms. The van der Waals surface area contributed by atoms with Gasteiger partial charge in [-0.1, -0.05) is 31.2 Å². The SMILES string of the molecule is C[C@H](O)c1cccc(NC(=O)c2nn(Cc3ccc(F)cc3)c3c2CN(C(=O)c2ccc[nH]2)C[C@@H]3C)c1. The predicted octanol–water partition coefficient (Wildman–Crippen LogP) is 4.46. The van der Waals surface area contributed by atoms with Gasteiger partial charge in [0.1, 0.15) is 11.5 Å². The van der Waals surface area contributed by atoms with E-state index in [0.29, 0.717) is 35.6 Å². The molecule has 4 aromatic rings. The number of nitrogens with zero attached hydrogens (tertiary/aromatic N) is 3. The summed E-state index contributed by atoms with van der Waals surface area (Å²) in [6.07, 6.45) is 1.03. The van der Waals surface area contributed by atoms with Gasteiger partial charge in [0.2, 0.25) is 0 Å². The second-order valence-electron chi connectivity index (χ2n) is 9.42. The third-order valence-electron chi connectivity index (χ3n) is 6.61. The molecule has 0 spiro atoms. The second kappa shape index (κ2) is 10.0. The van der Waals surface area contributed by atoms with Gasteiger partial charge in [-0.2, -0.15) is 5.10 Å². The molecule has 2 aromatic carbocycles. The number of rotatable bonds is 6. The predicted molar refractivity (Wildman–Crippen MR) is 137 cm³/mol. The van der Waals surface area contributed by atoms with Gasteiger partial charge in [-0.25, -0.2) is 4.39 Å². The highest BCUT2D eigenvalue weighted by Gasteiger charge is 2.34. The summed E-state index contributed by atoms with van der Waals surface area (Å²) in [5.74, 6) is -0.962. The van der Waals surface area contributed by atoms with Gasteiger partial charge in [-0.05, 0) is 54.4 Å². The van der Waals surface area contributed by atoms with Crippen molar-refractivity contribution in [3.05, 3.63) is 106 Å². The lowest BCUT2D eigenvalue weighted by molar-refractivity contribution is 0.0711. The Morgan fingerprint density at radius 2 is 1.97 bits per heavy atom. The molecular formula is C28H28FN5O3. The summed E-state index contributed by atoms with van der Waals surface area (Å²) in [7, 11) is 0. The number of fused-ring (bicyclic) bond motifs is 1. The summed E-state index contributed by atoms with van der Waals surface area (Å²) in [5, 5.41) is 17.5. The number of carbonyl (C=O) groups is 2. The lowest BCUT2D eigenvalue weighted by atomic mass is 9.95. The van der Waals surface area contributed by atoms with Crippen LogP contribution in [0.25, 0.3) is 0 Å². The van der Waals surface area contributed by atoms with Gasteiger partial charge in [-0.3, -0.25) is 14.3 Å². The van der Waals surface area contributed by atoms with Gasteiger partial charge < -0.3 is 20.3 Å². The van der Waals surface area contributed by atoms with E-state index in [1.54, 1.807) is 71.2 Å². The Bertz CT molecular complexity index is 1430. The average Bonchev–Trinajstić information content (AvgIpc) is 3.54. The van der Waals surface area contributed by atoms with Gasteiger partial charge in [0.25, 0.3) is 11.8 Å². The maximum Gasteiger partial charge on any atom is 0.276 e. The summed E-state index contributed by atoms with van der Waals surface area (Å²) in [5.41, 5.74) is 4.34. The normalized spacial score (nSPS) is 15.8. The molecule has 0 radical (unpaired) electrons. The van der Waals surface area contributed by atoms with Crippen LogP contribution in [-0.2, 0) is 13.1 Å². The lowest BCUT2D eigenvalue weighted by Gasteiger charge is -2.32. The first kappa shape index (κ1) is 24.5. The van der Waals surface area contributed by atoms with Gasteiger partial charge in [0.15, 0.2) is 5.69 Å². The van der Waals surface area contributed by atoms with E-state index in [9.17, 15) is 19.1 Å². The third kappa shape index (κ3) is 5.03. The number of aromatic amines is 1. The molecular weight excluding hydrogens is 473 g/mol. The number of H-pyrrole nitrogens is 1. The molecule has 2 atom stereocenters. The number of aliphatic hydroxyl groups excluding tert-OH is 1. The van der Waals surface area contributed by atoms with Gasteiger partial charge >= 0.3 is 0 Å².